The molecule has 0 bridgehead atoms. The lowest BCUT2D eigenvalue weighted by molar-refractivity contribution is -0.136. The molecule has 2 aromatic carbocycles. The Bertz CT molecular complexity index is 857. The third kappa shape index (κ3) is 4.67. The Morgan fingerprint density at radius 1 is 1.00 bits per heavy atom. The van der Waals surface area contributed by atoms with Crippen LogP contribution in [-0.4, -0.2) is 22.2 Å². The highest BCUT2D eigenvalue weighted by atomic mass is 35.5. The van der Waals surface area contributed by atoms with Gasteiger partial charge < -0.3 is 14.4 Å². The van der Waals surface area contributed by atoms with Crippen molar-refractivity contribution in [3.8, 4) is 17.0 Å². The lowest BCUT2D eigenvalue weighted by atomic mass is 10.1. The Labute approximate surface area is 157 Å². The number of carbonyl (C=O) groups is 1. The molecule has 0 aliphatic heterocycles. The van der Waals surface area contributed by atoms with Gasteiger partial charge in [-0.3, -0.25) is 4.79 Å². The number of aliphatic carboxylic acids is 1. The number of aromatic nitrogens is 1. The largest absolute Gasteiger partial charge is 0.492 e. The lowest BCUT2D eigenvalue weighted by Crippen LogP contribution is -2.13. The van der Waals surface area contributed by atoms with Crippen LogP contribution in [0.2, 0.25) is 5.02 Å². The Balaban J connectivity index is 1.80. The first-order valence-corrected chi connectivity index (χ1v) is 8.85. The number of rotatable bonds is 8. The summed E-state index contributed by atoms with van der Waals surface area (Å²) >= 11 is 5.99. The fourth-order valence-corrected chi connectivity index (χ4v) is 3.00. The van der Waals surface area contributed by atoms with Crippen LogP contribution in [0.5, 0.6) is 5.75 Å². The molecule has 0 spiro atoms. The van der Waals surface area contributed by atoms with Gasteiger partial charge >= 0.3 is 5.97 Å². The minimum Gasteiger partial charge on any atom is -0.492 e. The molecule has 0 atom stereocenters. The summed E-state index contributed by atoms with van der Waals surface area (Å²) in [6.07, 6.45) is 0.581. The molecule has 1 N–H and O–H groups in total. The van der Waals surface area contributed by atoms with Crippen LogP contribution < -0.4 is 4.74 Å². The fraction of sp³-hybridized carbons (Fsp3) is 0.190. The van der Waals surface area contributed by atoms with Gasteiger partial charge in [0.1, 0.15) is 12.4 Å². The van der Waals surface area contributed by atoms with E-state index in [1.165, 1.54) is 0 Å². The van der Waals surface area contributed by atoms with E-state index in [1.54, 1.807) is 0 Å². The molecule has 5 heteroatoms. The fourth-order valence-electron chi connectivity index (χ4n) is 2.87. The zero-order chi connectivity index (χ0) is 18.4. The monoisotopic (exact) mass is 369 g/mol. The molecule has 26 heavy (non-hydrogen) atoms. The van der Waals surface area contributed by atoms with Gasteiger partial charge in [0.05, 0.1) is 13.0 Å². The lowest BCUT2D eigenvalue weighted by Gasteiger charge is -2.14. The van der Waals surface area contributed by atoms with Gasteiger partial charge in [0.15, 0.2) is 0 Å². The molecule has 1 heterocycles. The maximum atomic E-state index is 10.9. The predicted molar refractivity (Wildman–Crippen MR) is 103 cm³/mol. The first-order chi connectivity index (χ1) is 12.6. The maximum Gasteiger partial charge on any atom is 0.303 e. The number of carboxylic acids is 1. The van der Waals surface area contributed by atoms with E-state index in [-0.39, 0.29) is 6.42 Å². The summed E-state index contributed by atoms with van der Waals surface area (Å²) in [7, 11) is 0. The van der Waals surface area contributed by atoms with Gasteiger partial charge in [-0.1, -0.05) is 41.9 Å². The van der Waals surface area contributed by atoms with E-state index >= 15 is 0 Å². The molecule has 0 aliphatic carbocycles. The molecule has 0 radical (unpaired) electrons. The van der Waals surface area contributed by atoms with E-state index in [1.807, 2.05) is 66.7 Å². The Kier molecular flexibility index (Phi) is 5.97. The smallest absolute Gasteiger partial charge is 0.303 e. The number of hydrogen-bond donors (Lipinski definition) is 1. The molecule has 1 aromatic heterocycles. The van der Waals surface area contributed by atoms with Gasteiger partial charge in [-0.25, -0.2) is 0 Å². The molecule has 3 aromatic rings. The Morgan fingerprint density at radius 2 is 1.73 bits per heavy atom. The predicted octanol–water partition coefficient (Wildman–Crippen LogP) is 4.90. The first kappa shape index (κ1) is 18.1. The summed E-state index contributed by atoms with van der Waals surface area (Å²) in [6.45, 7) is 1.13. The highest BCUT2D eigenvalue weighted by molar-refractivity contribution is 6.30. The zero-order valence-corrected chi connectivity index (χ0v) is 15.0. The van der Waals surface area contributed by atoms with E-state index < -0.39 is 5.97 Å². The Hall–Kier alpha value is -2.72. The molecule has 0 saturated heterocycles. The summed E-state index contributed by atoms with van der Waals surface area (Å²) in [4.78, 5) is 10.9. The molecule has 0 aliphatic rings. The van der Waals surface area contributed by atoms with Gasteiger partial charge in [-0.2, -0.15) is 0 Å². The molecular weight excluding hydrogens is 350 g/mol. The summed E-state index contributed by atoms with van der Waals surface area (Å²) < 4.78 is 7.93. The summed E-state index contributed by atoms with van der Waals surface area (Å²) in [6, 6.07) is 21.3. The Morgan fingerprint density at radius 3 is 2.42 bits per heavy atom. The van der Waals surface area contributed by atoms with Crippen molar-refractivity contribution in [3.05, 3.63) is 77.4 Å². The van der Waals surface area contributed by atoms with E-state index in [0.717, 1.165) is 22.7 Å². The quantitative estimate of drug-likeness (QED) is 0.614. The molecular formula is C21H20ClNO3. The van der Waals surface area contributed by atoms with Crippen molar-refractivity contribution in [1.29, 1.82) is 0 Å². The number of aryl methyl sites for hydroxylation is 1. The van der Waals surface area contributed by atoms with Crippen molar-refractivity contribution < 1.29 is 14.6 Å². The van der Waals surface area contributed by atoms with Crippen LogP contribution in [0.3, 0.4) is 0 Å². The molecule has 0 amide bonds. The highest BCUT2D eigenvalue weighted by Crippen LogP contribution is 2.25. The minimum absolute atomic E-state index is 0.101. The third-order valence-corrected chi connectivity index (χ3v) is 4.38. The third-order valence-electron chi connectivity index (χ3n) is 4.13. The van der Waals surface area contributed by atoms with Crippen LogP contribution in [-0.2, 0) is 17.8 Å². The first-order valence-electron chi connectivity index (χ1n) is 8.47. The number of hydrogen-bond acceptors (Lipinski definition) is 2. The number of benzene rings is 2. The number of ether oxygens (including phenoxy) is 1. The van der Waals surface area contributed by atoms with Gasteiger partial charge in [-0.15, -0.1) is 0 Å². The van der Waals surface area contributed by atoms with Crippen LogP contribution >= 0.6 is 11.6 Å². The zero-order valence-electron chi connectivity index (χ0n) is 14.3. The van der Waals surface area contributed by atoms with Crippen LogP contribution in [0.1, 0.15) is 12.1 Å². The van der Waals surface area contributed by atoms with Crippen molar-refractivity contribution in [2.45, 2.75) is 19.4 Å². The van der Waals surface area contributed by atoms with Crippen LogP contribution in [0.4, 0.5) is 0 Å². The second-order valence-electron chi connectivity index (χ2n) is 5.92. The van der Waals surface area contributed by atoms with Gasteiger partial charge in [0.25, 0.3) is 0 Å². The molecule has 0 saturated carbocycles. The van der Waals surface area contributed by atoms with Crippen molar-refractivity contribution >= 4 is 17.6 Å². The van der Waals surface area contributed by atoms with E-state index in [4.69, 9.17) is 21.4 Å². The number of nitrogens with zero attached hydrogens (tertiary/aromatic N) is 1. The van der Waals surface area contributed by atoms with Crippen LogP contribution in [0.15, 0.2) is 66.7 Å². The average molecular weight is 370 g/mol. The topological polar surface area (TPSA) is 51.5 Å². The van der Waals surface area contributed by atoms with Crippen LogP contribution in [0, 0.1) is 0 Å². The van der Waals surface area contributed by atoms with E-state index in [2.05, 4.69) is 4.57 Å². The van der Waals surface area contributed by atoms with Gasteiger partial charge in [0.2, 0.25) is 0 Å². The molecule has 4 nitrogen and oxygen atoms in total. The number of halogens is 1. The van der Waals surface area contributed by atoms with Crippen LogP contribution in [0.25, 0.3) is 11.3 Å². The van der Waals surface area contributed by atoms with Crippen molar-refractivity contribution in [3.63, 3.8) is 0 Å². The summed E-state index contributed by atoms with van der Waals surface area (Å²) in [5.74, 6) is 0.0195. The summed E-state index contributed by atoms with van der Waals surface area (Å²) in [5, 5.41) is 9.68. The van der Waals surface area contributed by atoms with Crippen molar-refractivity contribution in [1.82, 2.24) is 4.57 Å². The normalized spacial score (nSPS) is 10.7. The minimum atomic E-state index is -0.800. The van der Waals surface area contributed by atoms with Gasteiger partial charge in [-0.05, 0) is 48.4 Å². The highest BCUT2D eigenvalue weighted by Gasteiger charge is 2.12. The summed E-state index contributed by atoms with van der Waals surface area (Å²) in [5.41, 5.74) is 3.04. The second-order valence-corrected chi connectivity index (χ2v) is 6.36. The molecule has 3 rings (SSSR count). The molecule has 0 fully saturated rings. The number of para-hydroxylation sites is 1. The second kappa shape index (κ2) is 8.59. The molecule has 134 valence electrons. The van der Waals surface area contributed by atoms with Crippen molar-refractivity contribution in [2.24, 2.45) is 0 Å². The van der Waals surface area contributed by atoms with Gasteiger partial charge in [0, 0.05) is 16.4 Å². The van der Waals surface area contributed by atoms with E-state index in [0.29, 0.717) is 24.6 Å². The average Bonchev–Trinajstić information content (AvgIpc) is 3.04. The molecule has 0 unspecified atom stereocenters. The van der Waals surface area contributed by atoms with Crippen molar-refractivity contribution in [2.75, 3.05) is 6.61 Å². The van der Waals surface area contributed by atoms with E-state index in [9.17, 15) is 4.79 Å². The standard InChI is InChI=1S/C21H20ClNO3/c22-17-8-6-16(7-9-17)20-12-10-18(11-13-21(24)25)23(20)14-15-26-19-4-2-1-3-5-19/h1-10,12H,11,13-15H2,(H,24,25). The SMILES string of the molecule is O=C(O)CCc1ccc(-c2ccc(Cl)cc2)n1CCOc1ccccc1. The maximum absolute atomic E-state index is 10.9. The number of carboxylic acid groups (broad SMARTS) is 1.